The molecule has 0 saturated carbocycles. The van der Waals surface area contributed by atoms with E-state index >= 15 is 0 Å². The van der Waals surface area contributed by atoms with E-state index in [2.05, 4.69) is 49.4 Å². The molecule has 18 heavy (non-hydrogen) atoms. The van der Waals surface area contributed by atoms with Crippen LogP contribution in [0, 0.1) is 15.4 Å². The highest BCUT2D eigenvalue weighted by Gasteiger charge is 2.33. The summed E-state index contributed by atoms with van der Waals surface area (Å²) in [5, 5.41) is 0. The first kappa shape index (κ1) is 12.6. The lowest BCUT2D eigenvalue weighted by molar-refractivity contribution is 0.0712. The van der Waals surface area contributed by atoms with Crippen LogP contribution in [-0.2, 0) is 0 Å². The molecule has 98 valence electrons. The van der Waals surface area contributed by atoms with Gasteiger partial charge in [-0.05, 0) is 54.3 Å². The van der Waals surface area contributed by atoms with E-state index in [0.29, 0.717) is 0 Å². The molecule has 1 aromatic heterocycles. The average molecular weight is 358 g/mol. The van der Waals surface area contributed by atoms with Gasteiger partial charge in [0, 0.05) is 42.1 Å². The number of aromatic nitrogens is 2. The van der Waals surface area contributed by atoms with Gasteiger partial charge in [-0.2, -0.15) is 0 Å². The summed E-state index contributed by atoms with van der Waals surface area (Å²) in [6, 6.07) is 0. The summed E-state index contributed by atoms with van der Waals surface area (Å²) in [5.74, 6) is 2.76. The molecule has 2 saturated heterocycles. The highest BCUT2D eigenvalue weighted by Crippen LogP contribution is 2.31. The van der Waals surface area contributed by atoms with Crippen molar-refractivity contribution in [2.24, 2.45) is 11.8 Å². The number of nitrogens with zero attached hydrogens (tertiary/aromatic N) is 4. The number of hydrogen-bond donors (Lipinski definition) is 0. The Bertz CT molecular complexity index is 394. The molecule has 0 radical (unpaired) electrons. The fourth-order valence-electron chi connectivity index (χ4n) is 3.08. The number of likely N-dealkylation sites (tertiary alicyclic amines) is 1. The van der Waals surface area contributed by atoms with E-state index in [1.54, 1.807) is 0 Å². The summed E-state index contributed by atoms with van der Waals surface area (Å²) in [6.07, 6.45) is 6.40. The van der Waals surface area contributed by atoms with Crippen LogP contribution in [0.2, 0.25) is 0 Å². The van der Waals surface area contributed by atoms with Gasteiger partial charge in [-0.1, -0.05) is 0 Å². The van der Waals surface area contributed by atoms with Gasteiger partial charge in [0.2, 0.25) is 5.95 Å². The Morgan fingerprint density at radius 3 is 2.28 bits per heavy atom. The minimum absolute atomic E-state index is 0.902. The summed E-state index contributed by atoms with van der Waals surface area (Å²) in [7, 11) is 2.21. The third kappa shape index (κ3) is 2.61. The second kappa shape index (κ2) is 5.28. The Morgan fingerprint density at radius 2 is 1.72 bits per heavy atom. The number of piperidine rings is 1. The lowest BCUT2D eigenvalue weighted by Gasteiger charge is -2.44. The van der Waals surface area contributed by atoms with Crippen molar-refractivity contribution in [3.63, 3.8) is 0 Å². The molecular formula is C13H19IN4. The lowest BCUT2D eigenvalue weighted by Crippen LogP contribution is -2.50. The van der Waals surface area contributed by atoms with E-state index in [-0.39, 0.29) is 0 Å². The molecule has 4 nitrogen and oxygen atoms in total. The van der Waals surface area contributed by atoms with Gasteiger partial charge in [-0.15, -0.1) is 0 Å². The summed E-state index contributed by atoms with van der Waals surface area (Å²) in [6.45, 7) is 4.83. The molecule has 0 N–H and O–H groups in total. The van der Waals surface area contributed by atoms with Crippen LogP contribution >= 0.6 is 22.6 Å². The minimum Gasteiger partial charge on any atom is -0.341 e. The standard InChI is InChI=1S/C13H19IN4/c1-17-8-11(9-17)10-2-4-18(5-3-10)13-15-6-12(14)7-16-13/h6-7,10-11H,2-5,8-9H2,1H3. The lowest BCUT2D eigenvalue weighted by atomic mass is 9.80. The van der Waals surface area contributed by atoms with Crippen LogP contribution < -0.4 is 4.90 Å². The van der Waals surface area contributed by atoms with Gasteiger partial charge in [0.25, 0.3) is 0 Å². The first-order valence-corrected chi connectivity index (χ1v) is 7.71. The maximum atomic E-state index is 4.42. The molecule has 3 rings (SSSR count). The van der Waals surface area contributed by atoms with Crippen LogP contribution in [0.15, 0.2) is 12.4 Å². The Kier molecular flexibility index (Phi) is 3.70. The van der Waals surface area contributed by atoms with E-state index in [1.165, 1.54) is 25.9 Å². The van der Waals surface area contributed by atoms with Crippen LogP contribution in [0.1, 0.15) is 12.8 Å². The Hall–Kier alpha value is -0.430. The number of anilines is 1. The largest absolute Gasteiger partial charge is 0.341 e. The molecule has 1 aromatic rings. The zero-order chi connectivity index (χ0) is 12.5. The van der Waals surface area contributed by atoms with E-state index in [0.717, 1.165) is 34.4 Å². The number of rotatable bonds is 2. The smallest absolute Gasteiger partial charge is 0.225 e. The van der Waals surface area contributed by atoms with Crippen molar-refractivity contribution in [1.82, 2.24) is 14.9 Å². The van der Waals surface area contributed by atoms with E-state index in [4.69, 9.17) is 0 Å². The fourth-order valence-corrected chi connectivity index (χ4v) is 3.36. The average Bonchev–Trinajstić information content (AvgIpc) is 2.36. The zero-order valence-electron chi connectivity index (χ0n) is 10.7. The Labute approximate surface area is 122 Å². The van der Waals surface area contributed by atoms with Crippen LogP contribution in [-0.4, -0.2) is 48.1 Å². The van der Waals surface area contributed by atoms with Crippen LogP contribution in [0.4, 0.5) is 5.95 Å². The molecule has 0 unspecified atom stereocenters. The summed E-state index contributed by atoms with van der Waals surface area (Å²) in [5.41, 5.74) is 0. The second-order valence-electron chi connectivity index (χ2n) is 5.51. The summed E-state index contributed by atoms with van der Waals surface area (Å²) >= 11 is 2.25. The van der Waals surface area contributed by atoms with Gasteiger partial charge in [-0.25, -0.2) is 9.97 Å². The molecular weight excluding hydrogens is 339 g/mol. The molecule has 0 bridgehead atoms. The second-order valence-corrected chi connectivity index (χ2v) is 6.75. The van der Waals surface area contributed by atoms with Crippen molar-refractivity contribution in [2.75, 3.05) is 38.1 Å². The van der Waals surface area contributed by atoms with Gasteiger partial charge < -0.3 is 9.80 Å². The van der Waals surface area contributed by atoms with Crippen molar-refractivity contribution in [3.05, 3.63) is 16.0 Å². The van der Waals surface area contributed by atoms with Crippen molar-refractivity contribution in [1.29, 1.82) is 0 Å². The monoisotopic (exact) mass is 358 g/mol. The van der Waals surface area contributed by atoms with Gasteiger partial charge in [0.1, 0.15) is 0 Å². The molecule has 0 aliphatic carbocycles. The topological polar surface area (TPSA) is 32.3 Å². The van der Waals surface area contributed by atoms with Crippen LogP contribution in [0.25, 0.3) is 0 Å². The maximum Gasteiger partial charge on any atom is 0.225 e. The van der Waals surface area contributed by atoms with Crippen LogP contribution in [0.3, 0.4) is 0 Å². The SMILES string of the molecule is CN1CC(C2CCN(c3ncc(I)cn3)CC2)C1. The molecule has 2 aliphatic heterocycles. The van der Waals surface area contributed by atoms with Crippen LogP contribution in [0.5, 0.6) is 0 Å². The van der Waals surface area contributed by atoms with Gasteiger partial charge in [0.15, 0.2) is 0 Å². The normalized spacial score (nSPS) is 23.1. The third-order valence-corrected chi connectivity index (χ3v) is 4.75. The molecule has 3 heterocycles. The first-order valence-electron chi connectivity index (χ1n) is 6.63. The Balaban J connectivity index is 1.55. The van der Waals surface area contributed by atoms with E-state index in [1.807, 2.05) is 12.4 Å². The molecule has 5 heteroatoms. The number of hydrogen-bond acceptors (Lipinski definition) is 4. The van der Waals surface area contributed by atoms with Crippen molar-refractivity contribution < 1.29 is 0 Å². The van der Waals surface area contributed by atoms with Gasteiger partial charge >= 0.3 is 0 Å². The van der Waals surface area contributed by atoms with Crippen molar-refractivity contribution in [3.8, 4) is 0 Å². The quantitative estimate of drug-likeness (QED) is 0.756. The molecule has 2 aliphatic rings. The van der Waals surface area contributed by atoms with Crippen molar-refractivity contribution in [2.45, 2.75) is 12.8 Å². The summed E-state index contributed by atoms with van der Waals surface area (Å²) < 4.78 is 1.10. The highest BCUT2D eigenvalue weighted by molar-refractivity contribution is 14.1. The van der Waals surface area contributed by atoms with Crippen molar-refractivity contribution >= 4 is 28.5 Å². The predicted molar refractivity (Wildman–Crippen MR) is 80.7 cm³/mol. The molecule has 0 spiro atoms. The first-order chi connectivity index (χ1) is 8.72. The molecule has 2 fully saturated rings. The maximum absolute atomic E-state index is 4.42. The molecule has 0 amide bonds. The fraction of sp³-hybridized carbons (Fsp3) is 0.692. The third-order valence-electron chi connectivity index (χ3n) is 4.19. The summed E-state index contributed by atoms with van der Waals surface area (Å²) in [4.78, 5) is 13.6. The zero-order valence-corrected chi connectivity index (χ0v) is 12.9. The Morgan fingerprint density at radius 1 is 1.11 bits per heavy atom. The molecule has 0 atom stereocenters. The van der Waals surface area contributed by atoms with E-state index < -0.39 is 0 Å². The molecule has 0 aromatic carbocycles. The van der Waals surface area contributed by atoms with Gasteiger partial charge in [-0.3, -0.25) is 0 Å². The minimum atomic E-state index is 0.902. The van der Waals surface area contributed by atoms with E-state index in [9.17, 15) is 0 Å². The predicted octanol–water partition coefficient (Wildman–Crippen LogP) is 1.86. The van der Waals surface area contributed by atoms with Gasteiger partial charge in [0.05, 0.1) is 0 Å². The number of halogens is 1. The highest BCUT2D eigenvalue weighted by atomic mass is 127.